The number of hydrogen-bond donors (Lipinski definition) is 1. The summed E-state index contributed by atoms with van der Waals surface area (Å²) in [5.74, 6) is -0.468. The van der Waals surface area contributed by atoms with Gasteiger partial charge in [-0.15, -0.1) is 0 Å². The van der Waals surface area contributed by atoms with E-state index in [2.05, 4.69) is 14.1 Å². The molecule has 4 aromatic rings. The second-order valence-corrected chi connectivity index (χ2v) is 6.66. The van der Waals surface area contributed by atoms with Crippen molar-refractivity contribution in [1.82, 2.24) is 8.75 Å². The molecule has 0 aliphatic heterocycles. The van der Waals surface area contributed by atoms with Gasteiger partial charge in [-0.05, 0) is 29.7 Å². The predicted octanol–water partition coefficient (Wildman–Crippen LogP) is 4.77. The fraction of sp³-hybridized carbons (Fsp3) is 0.0952. The van der Waals surface area contributed by atoms with Crippen molar-refractivity contribution in [3.63, 3.8) is 0 Å². The molecule has 0 saturated heterocycles. The maximum absolute atomic E-state index is 13.3. The van der Waals surface area contributed by atoms with Crippen LogP contribution < -0.4 is 5.32 Å². The van der Waals surface area contributed by atoms with Gasteiger partial charge in [0, 0.05) is 0 Å². The summed E-state index contributed by atoms with van der Waals surface area (Å²) in [6, 6.07) is 23.5. The zero-order valence-electron chi connectivity index (χ0n) is 14.2. The fourth-order valence-corrected chi connectivity index (χ4v) is 3.63. The SMILES string of the molecule is Cc1ccc2nsnc2c1NC(=O)C(c1ccccc1)c1ccccc1. The molecule has 1 heterocycles. The first kappa shape index (κ1) is 16.4. The molecule has 1 N–H and O–H groups in total. The van der Waals surface area contributed by atoms with Crippen LogP contribution in [0.5, 0.6) is 0 Å². The Morgan fingerprint density at radius 1 is 0.885 bits per heavy atom. The summed E-state index contributed by atoms with van der Waals surface area (Å²) < 4.78 is 8.62. The predicted molar refractivity (Wildman–Crippen MR) is 106 cm³/mol. The molecule has 0 aliphatic carbocycles. The number of benzene rings is 3. The molecule has 4 nitrogen and oxygen atoms in total. The highest BCUT2D eigenvalue weighted by Gasteiger charge is 2.24. The smallest absolute Gasteiger partial charge is 0.236 e. The third kappa shape index (κ3) is 3.09. The second-order valence-electron chi connectivity index (χ2n) is 6.13. The Morgan fingerprint density at radius 2 is 1.50 bits per heavy atom. The molecule has 0 saturated carbocycles. The lowest BCUT2D eigenvalue weighted by Crippen LogP contribution is -2.22. The maximum Gasteiger partial charge on any atom is 0.236 e. The summed E-state index contributed by atoms with van der Waals surface area (Å²) in [6.45, 7) is 1.97. The van der Waals surface area contributed by atoms with Gasteiger partial charge >= 0.3 is 0 Å². The molecule has 26 heavy (non-hydrogen) atoms. The summed E-state index contributed by atoms with van der Waals surface area (Å²) in [4.78, 5) is 13.3. The van der Waals surface area contributed by atoms with E-state index in [9.17, 15) is 4.79 Å². The largest absolute Gasteiger partial charge is 0.323 e. The van der Waals surface area contributed by atoms with Crippen LogP contribution in [0.15, 0.2) is 72.8 Å². The number of amides is 1. The van der Waals surface area contributed by atoms with Crippen molar-refractivity contribution in [3.8, 4) is 0 Å². The molecular formula is C21H17N3OS. The molecular weight excluding hydrogens is 342 g/mol. The van der Waals surface area contributed by atoms with Crippen LogP contribution in [0.1, 0.15) is 22.6 Å². The number of aryl methyl sites for hydroxylation is 1. The van der Waals surface area contributed by atoms with Gasteiger partial charge in [0.1, 0.15) is 11.0 Å². The summed E-state index contributed by atoms with van der Waals surface area (Å²) in [5.41, 5.74) is 5.15. The first-order chi connectivity index (χ1) is 12.7. The number of nitrogens with one attached hydrogen (secondary N) is 1. The number of fused-ring (bicyclic) bond motifs is 1. The molecule has 5 heteroatoms. The lowest BCUT2D eigenvalue weighted by molar-refractivity contribution is -0.116. The topological polar surface area (TPSA) is 54.9 Å². The third-order valence-corrected chi connectivity index (χ3v) is 4.96. The summed E-state index contributed by atoms with van der Waals surface area (Å²) >= 11 is 1.15. The summed E-state index contributed by atoms with van der Waals surface area (Å²) in [6.07, 6.45) is 0. The summed E-state index contributed by atoms with van der Waals surface area (Å²) in [5, 5.41) is 3.10. The number of carbonyl (C=O) groups excluding carboxylic acids is 1. The highest BCUT2D eigenvalue weighted by molar-refractivity contribution is 7.00. The van der Waals surface area contributed by atoms with Crippen LogP contribution in [0, 0.1) is 6.92 Å². The van der Waals surface area contributed by atoms with Gasteiger partial charge in [-0.25, -0.2) is 0 Å². The van der Waals surface area contributed by atoms with E-state index in [0.717, 1.165) is 45.1 Å². The minimum Gasteiger partial charge on any atom is -0.323 e. The standard InChI is InChI=1S/C21H17N3OS/c1-14-12-13-17-20(24-26-23-17)19(14)22-21(25)18(15-8-4-2-5-9-15)16-10-6-3-7-11-16/h2-13,18H,1H3,(H,22,25). The molecule has 0 radical (unpaired) electrons. The molecule has 4 rings (SSSR count). The lowest BCUT2D eigenvalue weighted by Gasteiger charge is -2.19. The van der Waals surface area contributed by atoms with Crippen molar-refractivity contribution in [1.29, 1.82) is 0 Å². The van der Waals surface area contributed by atoms with Gasteiger partial charge in [0.15, 0.2) is 0 Å². The number of anilines is 1. The van der Waals surface area contributed by atoms with E-state index in [1.807, 2.05) is 79.7 Å². The van der Waals surface area contributed by atoms with Crippen LogP contribution in [-0.4, -0.2) is 14.7 Å². The van der Waals surface area contributed by atoms with Gasteiger partial charge in [-0.2, -0.15) is 8.75 Å². The molecule has 1 aromatic heterocycles. The van der Waals surface area contributed by atoms with Crippen molar-refractivity contribution in [2.24, 2.45) is 0 Å². The lowest BCUT2D eigenvalue weighted by atomic mass is 9.90. The van der Waals surface area contributed by atoms with Crippen molar-refractivity contribution in [2.45, 2.75) is 12.8 Å². The van der Waals surface area contributed by atoms with E-state index in [1.165, 1.54) is 0 Å². The highest BCUT2D eigenvalue weighted by atomic mass is 32.1. The Hall–Kier alpha value is -3.05. The second kappa shape index (κ2) is 7.06. The molecule has 3 aromatic carbocycles. The van der Waals surface area contributed by atoms with Crippen molar-refractivity contribution in [3.05, 3.63) is 89.5 Å². The molecule has 0 unspecified atom stereocenters. The minimum absolute atomic E-state index is 0.0778. The van der Waals surface area contributed by atoms with Crippen molar-refractivity contribution < 1.29 is 4.79 Å². The first-order valence-corrected chi connectivity index (χ1v) is 9.09. The number of nitrogens with zero attached hydrogens (tertiary/aromatic N) is 2. The highest BCUT2D eigenvalue weighted by Crippen LogP contribution is 2.30. The Bertz CT molecular complexity index is 1010. The quantitative estimate of drug-likeness (QED) is 0.571. The number of carbonyl (C=O) groups is 1. The van der Waals surface area contributed by atoms with Gasteiger partial charge in [0.2, 0.25) is 5.91 Å². The van der Waals surface area contributed by atoms with Gasteiger partial charge in [0.05, 0.1) is 23.3 Å². The Labute approximate surface area is 155 Å². The van der Waals surface area contributed by atoms with Crippen LogP contribution in [0.2, 0.25) is 0 Å². The van der Waals surface area contributed by atoms with Gasteiger partial charge in [0.25, 0.3) is 0 Å². The van der Waals surface area contributed by atoms with Gasteiger partial charge in [-0.1, -0.05) is 66.7 Å². The van der Waals surface area contributed by atoms with Crippen LogP contribution >= 0.6 is 11.7 Å². The fourth-order valence-electron chi connectivity index (χ4n) is 3.09. The van der Waals surface area contributed by atoms with Crippen LogP contribution in [0.3, 0.4) is 0 Å². The Balaban J connectivity index is 1.75. The van der Waals surface area contributed by atoms with E-state index in [4.69, 9.17) is 0 Å². The van der Waals surface area contributed by atoms with E-state index < -0.39 is 5.92 Å². The number of hydrogen-bond acceptors (Lipinski definition) is 4. The molecule has 0 bridgehead atoms. The Kier molecular flexibility index (Phi) is 4.46. The van der Waals surface area contributed by atoms with Gasteiger partial charge in [-0.3, -0.25) is 4.79 Å². The monoisotopic (exact) mass is 359 g/mol. The van der Waals surface area contributed by atoms with Crippen molar-refractivity contribution >= 4 is 34.4 Å². The van der Waals surface area contributed by atoms with E-state index in [1.54, 1.807) is 0 Å². The molecule has 0 spiro atoms. The zero-order valence-corrected chi connectivity index (χ0v) is 15.0. The normalized spacial score (nSPS) is 11.0. The van der Waals surface area contributed by atoms with Crippen LogP contribution in [-0.2, 0) is 4.79 Å². The van der Waals surface area contributed by atoms with Gasteiger partial charge < -0.3 is 5.32 Å². The van der Waals surface area contributed by atoms with E-state index in [0.29, 0.717) is 0 Å². The number of aromatic nitrogens is 2. The number of rotatable bonds is 4. The van der Waals surface area contributed by atoms with Crippen LogP contribution in [0.25, 0.3) is 11.0 Å². The first-order valence-electron chi connectivity index (χ1n) is 8.36. The van der Waals surface area contributed by atoms with E-state index in [-0.39, 0.29) is 5.91 Å². The molecule has 0 fully saturated rings. The molecule has 0 atom stereocenters. The maximum atomic E-state index is 13.3. The minimum atomic E-state index is -0.390. The third-order valence-electron chi connectivity index (χ3n) is 4.41. The Morgan fingerprint density at radius 3 is 2.12 bits per heavy atom. The molecule has 128 valence electrons. The van der Waals surface area contributed by atoms with Crippen LogP contribution in [0.4, 0.5) is 5.69 Å². The molecule has 0 aliphatic rings. The zero-order chi connectivity index (χ0) is 17.9. The summed E-state index contributed by atoms with van der Waals surface area (Å²) in [7, 11) is 0. The average Bonchev–Trinajstić information content (AvgIpc) is 3.15. The van der Waals surface area contributed by atoms with Crippen molar-refractivity contribution in [2.75, 3.05) is 5.32 Å². The average molecular weight is 359 g/mol. The molecule has 1 amide bonds. The van der Waals surface area contributed by atoms with E-state index >= 15 is 0 Å².